The quantitative estimate of drug-likeness (QED) is 0.404. The van der Waals surface area contributed by atoms with E-state index in [-0.39, 0.29) is 16.5 Å². The predicted molar refractivity (Wildman–Crippen MR) is 81.4 cm³/mol. The molecule has 1 aromatic carbocycles. The van der Waals surface area contributed by atoms with Gasteiger partial charge in [-0.2, -0.15) is 0 Å². The lowest BCUT2D eigenvalue weighted by Crippen LogP contribution is -1.95. The molecule has 0 bridgehead atoms. The fourth-order valence-corrected chi connectivity index (χ4v) is 2.31. The molecular formula is C15H10ClN3O2. The molecule has 5 nitrogen and oxygen atoms in total. The summed E-state index contributed by atoms with van der Waals surface area (Å²) in [6.45, 7) is 1.91. The molecule has 0 fully saturated rings. The number of aromatic nitrogens is 2. The molecule has 6 heteroatoms. The number of aryl methyl sites for hydroxylation is 1. The van der Waals surface area contributed by atoms with Gasteiger partial charge in [-0.25, -0.2) is 4.98 Å². The van der Waals surface area contributed by atoms with Crippen LogP contribution in [-0.2, 0) is 0 Å². The van der Waals surface area contributed by atoms with Crippen molar-refractivity contribution in [2.45, 2.75) is 6.92 Å². The van der Waals surface area contributed by atoms with Gasteiger partial charge in [0.05, 0.1) is 10.4 Å². The molecule has 0 saturated heterocycles. The van der Waals surface area contributed by atoms with Crippen LogP contribution in [0.2, 0.25) is 5.15 Å². The SMILES string of the molecule is Cc1ccc2cc(-c3nc(Cl)ccc3[N+](=O)[O-])ccc2n1. The summed E-state index contributed by atoms with van der Waals surface area (Å²) in [4.78, 5) is 19.2. The Kier molecular flexibility index (Phi) is 3.27. The molecule has 2 heterocycles. The van der Waals surface area contributed by atoms with E-state index in [0.717, 1.165) is 16.6 Å². The smallest absolute Gasteiger partial charge is 0.258 e. The molecule has 3 aromatic rings. The lowest BCUT2D eigenvalue weighted by molar-refractivity contribution is -0.384. The van der Waals surface area contributed by atoms with E-state index >= 15 is 0 Å². The highest BCUT2D eigenvalue weighted by Crippen LogP contribution is 2.31. The van der Waals surface area contributed by atoms with Crippen molar-refractivity contribution in [2.75, 3.05) is 0 Å². The van der Waals surface area contributed by atoms with Crippen LogP contribution < -0.4 is 0 Å². The molecule has 21 heavy (non-hydrogen) atoms. The summed E-state index contributed by atoms with van der Waals surface area (Å²) in [6, 6.07) is 12.0. The third-order valence-corrected chi connectivity index (χ3v) is 3.35. The Morgan fingerprint density at radius 3 is 2.67 bits per heavy atom. The Hall–Kier alpha value is -2.53. The van der Waals surface area contributed by atoms with Crippen LogP contribution in [0.1, 0.15) is 5.69 Å². The van der Waals surface area contributed by atoms with Crippen molar-refractivity contribution in [3.63, 3.8) is 0 Å². The number of halogens is 1. The van der Waals surface area contributed by atoms with Gasteiger partial charge in [0, 0.05) is 22.7 Å². The van der Waals surface area contributed by atoms with E-state index < -0.39 is 4.92 Å². The van der Waals surface area contributed by atoms with Gasteiger partial charge in [0.1, 0.15) is 10.8 Å². The van der Waals surface area contributed by atoms with Gasteiger partial charge in [-0.1, -0.05) is 23.7 Å². The molecule has 104 valence electrons. The van der Waals surface area contributed by atoms with Crippen molar-refractivity contribution < 1.29 is 4.92 Å². The number of pyridine rings is 2. The van der Waals surface area contributed by atoms with Crippen molar-refractivity contribution in [1.82, 2.24) is 9.97 Å². The van der Waals surface area contributed by atoms with Gasteiger partial charge in [-0.3, -0.25) is 15.1 Å². The minimum absolute atomic E-state index is 0.0705. The molecule has 2 aromatic heterocycles. The fraction of sp³-hybridized carbons (Fsp3) is 0.0667. The number of nitrogens with zero attached hydrogens (tertiary/aromatic N) is 3. The maximum atomic E-state index is 11.1. The fourth-order valence-electron chi connectivity index (χ4n) is 2.16. The number of fused-ring (bicyclic) bond motifs is 1. The second-order valence-corrected chi connectivity index (χ2v) is 5.01. The summed E-state index contributed by atoms with van der Waals surface area (Å²) in [6.07, 6.45) is 0. The van der Waals surface area contributed by atoms with Crippen molar-refractivity contribution in [3.8, 4) is 11.3 Å². The molecule has 0 radical (unpaired) electrons. The number of rotatable bonds is 2. The molecule has 0 spiro atoms. The molecule has 0 aliphatic heterocycles. The molecular weight excluding hydrogens is 290 g/mol. The molecule has 0 amide bonds. The summed E-state index contributed by atoms with van der Waals surface area (Å²) in [5.74, 6) is 0. The minimum Gasteiger partial charge on any atom is -0.258 e. The summed E-state index contributed by atoms with van der Waals surface area (Å²) in [5, 5.41) is 12.2. The Morgan fingerprint density at radius 2 is 1.90 bits per heavy atom. The van der Waals surface area contributed by atoms with Gasteiger partial charge < -0.3 is 0 Å². The minimum atomic E-state index is -0.462. The predicted octanol–water partition coefficient (Wildman–Crippen LogP) is 4.17. The molecule has 0 N–H and O–H groups in total. The highest BCUT2D eigenvalue weighted by Gasteiger charge is 2.17. The zero-order valence-corrected chi connectivity index (χ0v) is 11.8. The van der Waals surface area contributed by atoms with Crippen molar-refractivity contribution >= 4 is 28.2 Å². The van der Waals surface area contributed by atoms with Gasteiger partial charge >= 0.3 is 0 Å². The number of nitro groups is 1. The topological polar surface area (TPSA) is 68.9 Å². The highest BCUT2D eigenvalue weighted by molar-refractivity contribution is 6.29. The zero-order valence-electron chi connectivity index (χ0n) is 11.1. The Balaban J connectivity index is 2.23. The first-order valence-corrected chi connectivity index (χ1v) is 6.61. The average molecular weight is 300 g/mol. The summed E-state index contributed by atoms with van der Waals surface area (Å²) >= 11 is 5.86. The van der Waals surface area contributed by atoms with Crippen LogP contribution in [0.25, 0.3) is 22.2 Å². The maximum absolute atomic E-state index is 11.1. The molecule has 0 saturated carbocycles. The Bertz CT molecular complexity index is 865. The Morgan fingerprint density at radius 1 is 1.10 bits per heavy atom. The average Bonchev–Trinajstić information content (AvgIpc) is 2.46. The van der Waals surface area contributed by atoms with Crippen LogP contribution >= 0.6 is 11.6 Å². The second-order valence-electron chi connectivity index (χ2n) is 4.62. The molecule has 0 unspecified atom stereocenters. The summed E-state index contributed by atoms with van der Waals surface area (Å²) in [5.41, 5.74) is 2.58. The monoisotopic (exact) mass is 299 g/mol. The van der Waals surface area contributed by atoms with Gasteiger partial charge in [-0.05, 0) is 31.2 Å². The van der Waals surface area contributed by atoms with Gasteiger partial charge in [0.2, 0.25) is 0 Å². The molecule has 0 aliphatic rings. The van der Waals surface area contributed by atoms with Crippen LogP contribution in [-0.4, -0.2) is 14.9 Å². The molecule has 0 atom stereocenters. The van der Waals surface area contributed by atoms with Crippen molar-refractivity contribution in [3.05, 3.63) is 63.4 Å². The molecule has 3 rings (SSSR count). The first-order chi connectivity index (χ1) is 10.0. The van der Waals surface area contributed by atoms with Crippen molar-refractivity contribution in [1.29, 1.82) is 0 Å². The van der Waals surface area contributed by atoms with E-state index in [1.165, 1.54) is 12.1 Å². The van der Waals surface area contributed by atoms with Crippen LogP contribution in [0, 0.1) is 17.0 Å². The first-order valence-electron chi connectivity index (χ1n) is 6.23. The first kappa shape index (κ1) is 13.5. The highest BCUT2D eigenvalue weighted by atomic mass is 35.5. The van der Waals surface area contributed by atoms with Crippen LogP contribution in [0.15, 0.2) is 42.5 Å². The van der Waals surface area contributed by atoms with E-state index in [9.17, 15) is 10.1 Å². The number of benzene rings is 1. The normalized spacial score (nSPS) is 10.8. The van der Waals surface area contributed by atoms with E-state index in [1.54, 1.807) is 6.07 Å². The largest absolute Gasteiger partial charge is 0.295 e. The van der Waals surface area contributed by atoms with E-state index in [4.69, 9.17) is 11.6 Å². The summed E-state index contributed by atoms with van der Waals surface area (Å²) in [7, 11) is 0. The van der Waals surface area contributed by atoms with E-state index in [0.29, 0.717) is 5.56 Å². The van der Waals surface area contributed by atoms with Crippen LogP contribution in [0.3, 0.4) is 0 Å². The van der Waals surface area contributed by atoms with Gasteiger partial charge in [-0.15, -0.1) is 0 Å². The maximum Gasteiger partial charge on any atom is 0.295 e. The van der Waals surface area contributed by atoms with E-state index in [1.807, 2.05) is 31.2 Å². The second kappa shape index (κ2) is 5.10. The van der Waals surface area contributed by atoms with Gasteiger partial charge in [0.15, 0.2) is 0 Å². The third-order valence-electron chi connectivity index (χ3n) is 3.14. The number of hydrogen-bond donors (Lipinski definition) is 0. The summed E-state index contributed by atoms with van der Waals surface area (Å²) < 4.78 is 0. The third kappa shape index (κ3) is 2.55. The van der Waals surface area contributed by atoms with Gasteiger partial charge in [0.25, 0.3) is 5.69 Å². The number of hydrogen-bond acceptors (Lipinski definition) is 4. The van der Waals surface area contributed by atoms with Crippen LogP contribution in [0.5, 0.6) is 0 Å². The Labute approximate surface area is 125 Å². The lowest BCUT2D eigenvalue weighted by Gasteiger charge is -2.05. The van der Waals surface area contributed by atoms with Crippen molar-refractivity contribution in [2.24, 2.45) is 0 Å². The standard InChI is InChI=1S/C15H10ClN3O2/c1-9-2-3-10-8-11(4-5-12(10)17-9)15-13(19(20)21)6-7-14(16)18-15/h2-8H,1H3. The molecule has 0 aliphatic carbocycles. The van der Waals surface area contributed by atoms with Crippen LogP contribution in [0.4, 0.5) is 5.69 Å². The zero-order chi connectivity index (χ0) is 15.0. The lowest BCUT2D eigenvalue weighted by atomic mass is 10.1. The van der Waals surface area contributed by atoms with E-state index in [2.05, 4.69) is 9.97 Å².